The lowest BCUT2D eigenvalue weighted by molar-refractivity contribution is -0.121. The van der Waals surface area contributed by atoms with E-state index in [1.165, 1.54) is 17.9 Å². The maximum Gasteiger partial charge on any atom is 0.305 e. The fourth-order valence-corrected chi connectivity index (χ4v) is 2.85. The number of carbonyl (C=O) groups is 2. The van der Waals surface area contributed by atoms with Crippen LogP contribution in [0.5, 0.6) is 0 Å². The molecule has 0 fully saturated rings. The largest absolute Gasteiger partial charge is 0.459 e. The van der Waals surface area contributed by atoms with Crippen LogP contribution >= 0.6 is 0 Å². The van der Waals surface area contributed by atoms with Crippen LogP contribution in [0.15, 0.2) is 47.1 Å². The summed E-state index contributed by atoms with van der Waals surface area (Å²) in [5.41, 5.74) is 7.18. The zero-order valence-corrected chi connectivity index (χ0v) is 16.4. The van der Waals surface area contributed by atoms with Gasteiger partial charge in [-0.1, -0.05) is 52.0 Å². The SMILES string of the molecule is CC[C@H](C)c1ccc([C@H](NCC(=O)NNC(=O)c2ccco2)C(C)C)cc1. The van der Waals surface area contributed by atoms with E-state index in [-0.39, 0.29) is 24.3 Å². The molecule has 3 N–H and O–H groups in total. The summed E-state index contributed by atoms with van der Waals surface area (Å²) in [6, 6.07) is 11.7. The van der Waals surface area contributed by atoms with Crippen molar-refractivity contribution in [3.63, 3.8) is 0 Å². The predicted molar refractivity (Wildman–Crippen MR) is 105 cm³/mol. The molecule has 0 spiro atoms. The maximum absolute atomic E-state index is 12.0. The summed E-state index contributed by atoms with van der Waals surface area (Å²) in [7, 11) is 0. The number of carbonyl (C=O) groups excluding carboxylic acids is 2. The topological polar surface area (TPSA) is 83.4 Å². The molecule has 146 valence electrons. The molecule has 6 heteroatoms. The molecule has 1 aromatic heterocycles. The Hall–Kier alpha value is -2.60. The van der Waals surface area contributed by atoms with Crippen molar-refractivity contribution in [2.45, 2.75) is 46.1 Å². The van der Waals surface area contributed by atoms with Gasteiger partial charge in [0.25, 0.3) is 5.91 Å². The Balaban J connectivity index is 1.88. The Bertz CT molecular complexity index is 724. The molecular weight excluding hydrogens is 342 g/mol. The van der Waals surface area contributed by atoms with Crippen molar-refractivity contribution in [2.75, 3.05) is 6.54 Å². The molecule has 6 nitrogen and oxygen atoms in total. The van der Waals surface area contributed by atoms with Crippen molar-refractivity contribution >= 4 is 11.8 Å². The molecule has 0 saturated heterocycles. The molecule has 0 bridgehead atoms. The number of amides is 2. The third-order valence-corrected chi connectivity index (χ3v) is 4.69. The van der Waals surface area contributed by atoms with Crippen molar-refractivity contribution in [3.05, 3.63) is 59.5 Å². The van der Waals surface area contributed by atoms with Crippen molar-refractivity contribution in [2.24, 2.45) is 5.92 Å². The van der Waals surface area contributed by atoms with E-state index in [0.29, 0.717) is 11.8 Å². The van der Waals surface area contributed by atoms with Gasteiger partial charge in [-0.05, 0) is 41.5 Å². The summed E-state index contributed by atoms with van der Waals surface area (Å²) in [6.45, 7) is 8.71. The molecule has 0 aliphatic rings. The molecule has 2 rings (SSSR count). The molecule has 2 atom stereocenters. The zero-order chi connectivity index (χ0) is 19.8. The number of nitrogens with one attached hydrogen (secondary N) is 3. The summed E-state index contributed by atoms with van der Waals surface area (Å²) >= 11 is 0. The van der Waals surface area contributed by atoms with E-state index >= 15 is 0 Å². The van der Waals surface area contributed by atoms with Crippen LogP contribution in [0.25, 0.3) is 0 Å². The number of rotatable bonds is 8. The van der Waals surface area contributed by atoms with E-state index in [9.17, 15) is 9.59 Å². The third-order valence-electron chi connectivity index (χ3n) is 4.69. The first-order chi connectivity index (χ1) is 12.9. The minimum atomic E-state index is -0.491. The van der Waals surface area contributed by atoms with Crippen molar-refractivity contribution in [3.8, 4) is 0 Å². The van der Waals surface area contributed by atoms with Gasteiger partial charge < -0.3 is 9.73 Å². The Morgan fingerprint density at radius 1 is 1.00 bits per heavy atom. The maximum atomic E-state index is 12.0. The highest BCUT2D eigenvalue weighted by molar-refractivity contribution is 5.93. The van der Waals surface area contributed by atoms with Gasteiger partial charge in [-0.2, -0.15) is 0 Å². The van der Waals surface area contributed by atoms with E-state index in [2.05, 4.69) is 68.1 Å². The molecule has 1 aromatic carbocycles. The number of hydrogen-bond donors (Lipinski definition) is 3. The third kappa shape index (κ3) is 5.96. The molecule has 0 aliphatic carbocycles. The lowest BCUT2D eigenvalue weighted by Gasteiger charge is -2.23. The van der Waals surface area contributed by atoms with Crippen molar-refractivity contribution < 1.29 is 14.0 Å². The van der Waals surface area contributed by atoms with Gasteiger partial charge in [0.2, 0.25) is 0 Å². The van der Waals surface area contributed by atoms with E-state index in [1.807, 2.05) is 0 Å². The summed E-state index contributed by atoms with van der Waals surface area (Å²) in [6.07, 6.45) is 2.51. The average Bonchev–Trinajstić information content (AvgIpc) is 3.20. The smallest absolute Gasteiger partial charge is 0.305 e. The lowest BCUT2D eigenvalue weighted by atomic mass is 9.92. The minimum absolute atomic E-state index is 0.0440. The van der Waals surface area contributed by atoms with Crippen LogP contribution in [0.3, 0.4) is 0 Å². The summed E-state index contributed by atoms with van der Waals surface area (Å²) < 4.78 is 4.97. The van der Waals surface area contributed by atoms with Gasteiger partial charge in [-0.15, -0.1) is 0 Å². The highest BCUT2D eigenvalue weighted by atomic mass is 16.3. The van der Waals surface area contributed by atoms with Crippen LogP contribution in [0.4, 0.5) is 0 Å². The van der Waals surface area contributed by atoms with Crippen molar-refractivity contribution in [1.29, 1.82) is 0 Å². The van der Waals surface area contributed by atoms with Gasteiger partial charge in [-0.25, -0.2) is 0 Å². The van der Waals surface area contributed by atoms with Crippen LogP contribution in [0, 0.1) is 5.92 Å². The fraction of sp³-hybridized carbons (Fsp3) is 0.429. The van der Waals surface area contributed by atoms with Crippen LogP contribution in [-0.2, 0) is 4.79 Å². The van der Waals surface area contributed by atoms with Crippen molar-refractivity contribution in [1.82, 2.24) is 16.2 Å². The molecule has 1 heterocycles. The second-order valence-corrected chi connectivity index (χ2v) is 7.06. The van der Waals surface area contributed by atoms with Crippen LogP contribution in [-0.4, -0.2) is 18.4 Å². The van der Waals surface area contributed by atoms with E-state index in [1.54, 1.807) is 6.07 Å². The number of benzene rings is 1. The van der Waals surface area contributed by atoms with Crippen LogP contribution in [0.2, 0.25) is 0 Å². The first-order valence-corrected chi connectivity index (χ1v) is 9.38. The van der Waals surface area contributed by atoms with E-state index in [0.717, 1.165) is 12.0 Å². The van der Waals surface area contributed by atoms with Crippen LogP contribution in [0.1, 0.15) is 67.8 Å². The molecule has 0 unspecified atom stereocenters. The number of hydrogen-bond acceptors (Lipinski definition) is 4. The quantitative estimate of drug-likeness (QED) is 0.620. The van der Waals surface area contributed by atoms with E-state index < -0.39 is 5.91 Å². The van der Waals surface area contributed by atoms with Gasteiger partial charge in [0.05, 0.1) is 12.8 Å². The molecular formula is C21H29N3O3. The second-order valence-electron chi connectivity index (χ2n) is 7.06. The van der Waals surface area contributed by atoms with Gasteiger partial charge in [0.1, 0.15) is 0 Å². The Kier molecular flexibility index (Phi) is 7.61. The van der Waals surface area contributed by atoms with Gasteiger partial charge in [0.15, 0.2) is 5.76 Å². The lowest BCUT2D eigenvalue weighted by Crippen LogP contribution is -2.46. The molecule has 2 amide bonds. The molecule has 0 saturated carbocycles. The molecule has 2 aromatic rings. The number of furan rings is 1. The highest BCUT2D eigenvalue weighted by Gasteiger charge is 2.17. The monoisotopic (exact) mass is 371 g/mol. The molecule has 27 heavy (non-hydrogen) atoms. The normalized spacial score (nSPS) is 13.2. The Labute approximate surface area is 160 Å². The van der Waals surface area contributed by atoms with Gasteiger partial charge in [0, 0.05) is 6.04 Å². The highest BCUT2D eigenvalue weighted by Crippen LogP contribution is 2.25. The standard InChI is InChI=1S/C21H29N3O3/c1-5-15(4)16-8-10-17(11-9-16)20(14(2)3)22-13-19(25)23-24-21(26)18-7-6-12-27-18/h6-12,14-15,20,22H,5,13H2,1-4H3,(H,23,25)(H,24,26)/t15-,20+/m0/s1. The molecule has 0 aliphatic heterocycles. The first kappa shape index (κ1) is 20.7. The second kappa shape index (κ2) is 9.92. The summed E-state index contributed by atoms with van der Waals surface area (Å²) in [5.74, 6) is 0.175. The average molecular weight is 371 g/mol. The molecule has 0 radical (unpaired) electrons. The Morgan fingerprint density at radius 2 is 1.67 bits per heavy atom. The van der Waals surface area contributed by atoms with Gasteiger partial charge in [-0.3, -0.25) is 20.4 Å². The van der Waals surface area contributed by atoms with Gasteiger partial charge >= 0.3 is 5.91 Å². The predicted octanol–water partition coefficient (Wildman–Crippen LogP) is 3.54. The fourth-order valence-electron chi connectivity index (χ4n) is 2.85. The number of hydrazine groups is 1. The summed E-state index contributed by atoms with van der Waals surface area (Å²) in [5, 5.41) is 3.27. The van der Waals surface area contributed by atoms with Crippen LogP contribution < -0.4 is 16.2 Å². The minimum Gasteiger partial charge on any atom is -0.459 e. The first-order valence-electron chi connectivity index (χ1n) is 9.38. The zero-order valence-electron chi connectivity index (χ0n) is 16.4. The Morgan fingerprint density at radius 3 is 2.22 bits per heavy atom. The summed E-state index contributed by atoms with van der Waals surface area (Å²) in [4.78, 5) is 23.8. The van der Waals surface area contributed by atoms with E-state index in [4.69, 9.17) is 4.42 Å².